The van der Waals surface area contributed by atoms with E-state index in [0.29, 0.717) is 25.5 Å². The molecule has 0 aromatic rings. The van der Waals surface area contributed by atoms with Crippen molar-refractivity contribution in [1.82, 2.24) is 10.2 Å². The molecule has 0 radical (unpaired) electrons. The van der Waals surface area contributed by atoms with Crippen LogP contribution in [-0.2, 0) is 9.59 Å². The fraction of sp³-hybridized carbons (Fsp3) is 0.895. The Labute approximate surface area is 158 Å². The highest BCUT2D eigenvalue weighted by Gasteiger charge is 2.33. The number of nitrogens with one attached hydrogen (secondary N) is 1. The van der Waals surface area contributed by atoms with Gasteiger partial charge in [0.1, 0.15) is 0 Å². The number of rotatable bonds is 7. The lowest BCUT2D eigenvalue weighted by Gasteiger charge is -2.36. The van der Waals surface area contributed by atoms with Gasteiger partial charge in [0.2, 0.25) is 11.8 Å². The Morgan fingerprint density at radius 2 is 1.84 bits per heavy atom. The topological polar surface area (TPSA) is 75.4 Å². The Bertz CT molecular complexity index is 411. The molecular formula is C19H36ClN3O2. The van der Waals surface area contributed by atoms with Gasteiger partial charge in [0.05, 0.1) is 5.92 Å². The summed E-state index contributed by atoms with van der Waals surface area (Å²) in [6, 6.07) is 0. The van der Waals surface area contributed by atoms with E-state index in [9.17, 15) is 9.59 Å². The van der Waals surface area contributed by atoms with E-state index in [4.69, 9.17) is 5.73 Å². The molecular weight excluding hydrogens is 338 g/mol. The number of hydrogen-bond donors (Lipinski definition) is 2. The molecule has 1 saturated heterocycles. The van der Waals surface area contributed by atoms with Gasteiger partial charge < -0.3 is 16.0 Å². The van der Waals surface area contributed by atoms with Crippen molar-refractivity contribution >= 4 is 24.2 Å². The molecule has 2 rings (SSSR count). The largest absolute Gasteiger partial charge is 0.355 e. The third-order valence-corrected chi connectivity index (χ3v) is 5.71. The van der Waals surface area contributed by atoms with Crippen molar-refractivity contribution in [2.75, 3.05) is 26.2 Å². The molecule has 2 fully saturated rings. The summed E-state index contributed by atoms with van der Waals surface area (Å²) in [6.45, 7) is 4.62. The maximum Gasteiger partial charge on any atom is 0.225 e. The summed E-state index contributed by atoms with van der Waals surface area (Å²) in [5, 5.41) is 2.86. The van der Waals surface area contributed by atoms with Crippen LogP contribution in [0.2, 0.25) is 0 Å². The zero-order chi connectivity index (χ0) is 17.4. The third-order valence-electron chi connectivity index (χ3n) is 5.71. The van der Waals surface area contributed by atoms with E-state index in [2.05, 4.69) is 12.2 Å². The van der Waals surface area contributed by atoms with Gasteiger partial charge in [-0.3, -0.25) is 9.59 Å². The lowest BCUT2D eigenvalue weighted by atomic mass is 9.79. The quantitative estimate of drug-likeness (QED) is 0.720. The fourth-order valence-electron chi connectivity index (χ4n) is 4.18. The van der Waals surface area contributed by atoms with Crippen molar-refractivity contribution in [2.24, 2.45) is 23.5 Å². The van der Waals surface area contributed by atoms with Crippen molar-refractivity contribution < 1.29 is 9.59 Å². The van der Waals surface area contributed by atoms with Crippen LogP contribution in [0.3, 0.4) is 0 Å². The van der Waals surface area contributed by atoms with Crippen LogP contribution in [0.15, 0.2) is 0 Å². The van der Waals surface area contributed by atoms with E-state index in [1.54, 1.807) is 0 Å². The lowest BCUT2D eigenvalue weighted by Crippen LogP contribution is -2.48. The van der Waals surface area contributed by atoms with Gasteiger partial charge in [-0.1, -0.05) is 26.2 Å². The SMILES string of the molecule is CCCCC1CCC(C(=O)N2CCCC(C(=O)NCCN)C2)CC1.Cl. The molecule has 0 spiro atoms. The molecule has 146 valence electrons. The normalized spacial score (nSPS) is 26.6. The van der Waals surface area contributed by atoms with Gasteiger partial charge in [-0.25, -0.2) is 0 Å². The molecule has 2 aliphatic rings. The van der Waals surface area contributed by atoms with Crippen molar-refractivity contribution in [3.8, 4) is 0 Å². The summed E-state index contributed by atoms with van der Waals surface area (Å²) in [7, 11) is 0. The molecule has 1 heterocycles. The molecule has 2 amide bonds. The number of carbonyl (C=O) groups is 2. The molecule has 6 heteroatoms. The van der Waals surface area contributed by atoms with Crippen LogP contribution in [0.1, 0.15) is 64.7 Å². The van der Waals surface area contributed by atoms with Crippen molar-refractivity contribution in [1.29, 1.82) is 0 Å². The minimum absolute atomic E-state index is 0. The van der Waals surface area contributed by atoms with Crippen LogP contribution in [0.4, 0.5) is 0 Å². The molecule has 1 unspecified atom stereocenters. The Morgan fingerprint density at radius 1 is 1.12 bits per heavy atom. The predicted molar refractivity (Wildman–Crippen MR) is 104 cm³/mol. The number of hydrogen-bond acceptors (Lipinski definition) is 3. The molecule has 1 saturated carbocycles. The highest BCUT2D eigenvalue weighted by Crippen LogP contribution is 2.33. The van der Waals surface area contributed by atoms with Gasteiger partial charge in [0.15, 0.2) is 0 Å². The summed E-state index contributed by atoms with van der Waals surface area (Å²) in [5.41, 5.74) is 5.44. The first-order valence-electron chi connectivity index (χ1n) is 9.92. The molecule has 3 N–H and O–H groups in total. The van der Waals surface area contributed by atoms with Gasteiger partial charge >= 0.3 is 0 Å². The summed E-state index contributed by atoms with van der Waals surface area (Å²) in [6.07, 6.45) is 10.2. The van der Waals surface area contributed by atoms with Crippen LogP contribution >= 0.6 is 12.4 Å². The van der Waals surface area contributed by atoms with Gasteiger partial charge in [-0.2, -0.15) is 0 Å². The Hall–Kier alpha value is -0.810. The highest BCUT2D eigenvalue weighted by atomic mass is 35.5. The van der Waals surface area contributed by atoms with Crippen LogP contribution in [0, 0.1) is 17.8 Å². The molecule has 0 aromatic heterocycles. The van der Waals surface area contributed by atoms with E-state index in [-0.39, 0.29) is 30.2 Å². The third kappa shape index (κ3) is 6.78. The number of carbonyl (C=O) groups excluding carboxylic acids is 2. The van der Waals surface area contributed by atoms with Crippen LogP contribution in [-0.4, -0.2) is 42.9 Å². The summed E-state index contributed by atoms with van der Waals surface area (Å²) >= 11 is 0. The smallest absolute Gasteiger partial charge is 0.225 e. The maximum absolute atomic E-state index is 12.8. The molecule has 5 nitrogen and oxygen atoms in total. The summed E-state index contributed by atoms with van der Waals surface area (Å²) in [4.78, 5) is 26.9. The molecule has 0 aromatic carbocycles. The Morgan fingerprint density at radius 3 is 2.48 bits per heavy atom. The van der Waals surface area contributed by atoms with E-state index in [1.165, 1.54) is 32.1 Å². The Kier molecular flexibility index (Phi) is 10.4. The van der Waals surface area contributed by atoms with Crippen molar-refractivity contribution in [3.63, 3.8) is 0 Å². The van der Waals surface area contributed by atoms with Crippen LogP contribution in [0.25, 0.3) is 0 Å². The van der Waals surface area contributed by atoms with Crippen LogP contribution < -0.4 is 11.1 Å². The summed E-state index contributed by atoms with van der Waals surface area (Å²) < 4.78 is 0. The van der Waals surface area contributed by atoms with Gasteiger partial charge in [-0.05, 0) is 44.4 Å². The monoisotopic (exact) mass is 373 g/mol. The maximum atomic E-state index is 12.8. The Balaban J connectivity index is 0.00000312. The molecule has 25 heavy (non-hydrogen) atoms. The predicted octanol–water partition coefficient (Wildman–Crippen LogP) is 2.72. The molecule has 1 aliphatic heterocycles. The first-order chi connectivity index (χ1) is 11.7. The zero-order valence-electron chi connectivity index (χ0n) is 15.7. The minimum atomic E-state index is -0.0601. The van der Waals surface area contributed by atoms with Crippen LogP contribution in [0.5, 0.6) is 0 Å². The fourth-order valence-corrected chi connectivity index (χ4v) is 4.18. The van der Waals surface area contributed by atoms with E-state index in [1.807, 2.05) is 4.90 Å². The second-order valence-corrected chi connectivity index (χ2v) is 7.56. The minimum Gasteiger partial charge on any atom is -0.355 e. The number of amides is 2. The first-order valence-corrected chi connectivity index (χ1v) is 9.92. The number of likely N-dealkylation sites (tertiary alicyclic amines) is 1. The lowest BCUT2D eigenvalue weighted by molar-refractivity contribution is -0.140. The van der Waals surface area contributed by atoms with Gasteiger partial charge in [0.25, 0.3) is 0 Å². The van der Waals surface area contributed by atoms with E-state index in [0.717, 1.165) is 38.1 Å². The van der Waals surface area contributed by atoms with Crippen molar-refractivity contribution in [3.05, 3.63) is 0 Å². The van der Waals surface area contributed by atoms with E-state index < -0.39 is 0 Å². The first kappa shape index (κ1) is 22.2. The van der Waals surface area contributed by atoms with Gasteiger partial charge in [-0.15, -0.1) is 12.4 Å². The zero-order valence-corrected chi connectivity index (χ0v) is 16.5. The average Bonchev–Trinajstić information content (AvgIpc) is 2.64. The summed E-state index contributed by atoms with van der Waals surface area (Å²) in [5.74, 6) is 1.30. The average molecular weight is 374 g/mol. The second kappa shape index (κ2) is 11.7. The molecule has 1 atom stereocenters. The number of piperidine rings is 1. The van der Waals surface area contributed by atoms with E-state index >= 15 is 0 Å². The number of nitrogens with two attached hydrogens (primary N) is 1. The number of unbranched alkanes of at least 4 members (excludes halogenated alkanes) is 1. The number of halogens is 1. The second-order valence-electron chi connectivity index (χ2n) is 7.56. The van der Waals surface area contributed by atoms with Crippen molar-refractivity contribution in [2.45, 2.75) is 64.7 Å². The highest BCUT2D eigenvalue weighted by molar-refractivity contribution is 5.85. The molecule has 0 bridgehead atoms. The van der Waals surface area contributed by atoms with Gasteiger partial charge in [0, 0.05) is 32.1 Å². The molecule has 1 aliphatic carbocycles. The number of nitrogens with zero attached hydrogens (tertiary/aromatic N) is 1. The standard InChI is InChI=1S/C19H35N3O2.ClH/c1-2-3-5-15-7-9-16(10-8-15)19(24)22-13-4-6-17(14-22)18(23)21-12-11-20;/h15-17H,2-14,20H2,1H3,(H,21,23);1H.